The van der Waals surface area contributed by atoms with Crippen LogP contribution in [0.3, 0.4) is 0 Å². The van der Waals surface area contributed by atoms with Crippen LogP contribution in [0.5, 0.6) is 0 Å². The lowest BCUT2D eigenvalue weighted by Gasteiger charge is -2.23. The van der Waals surface area contributed by atoms with E-state index in [4.69, 9.17) is 9.47 Å². The first-order chi connectivity index (χ1) is 7.69. The molecule has 2 aliphatic rings. The van der Waals surface area contributed by atoms with Crippen molar-refractivity contribution in [1.82, 2.24) is 10.6 Å². The zero-order valence-corrected chi connectivity index (χ0v) is 9.58. The molecule has 0 aliphatic carbocycles. The van der Waals surface area contributed by atoms with Gasteiger partial charge in [-0.2, -0.15) is 0 Å². The number of amides is 1. The van der Waals surface area contributed by atoms with Crippen LogP contribution in [0.2, 0.25) is 0 Å². The predicted molar refractivity (Wildman–Crippen MR) is 58.2 cm³/mol. The number of hydrogen-bond donors (Lipinski definition) is 2. The Kier molecular flexibility index (Phi) is 3.11. The number of hydrogen-bond acceptors (Lipinski definition) is 4. The molecule has 2 heterocycles. The van der Waals surface area contributed by atoms with Crippen LogP contribution in [-0.2, 0) is 14.3 Å². The molecule has 2 aliphatic heterocycles. The molecule has 2 rings (SSSR count). The fourth-order valence-corrected chi connectivity index (χ4v) is 2.05. The van der Waals surface area contributed by atoms with E-state index in [-0.39, 0.29) is 12.0 Å². The van der Waals surface area contributed by atoms with Crippen molar-refractivity contribution >= 4 is 11.9 Å². The molecule has 16 heavy (non-hydrogen) atoms. The maximum atomic E-state index is 11.9. The van der Waals surface area contributed by atoms with E-state index in [2.05, 4.69) is 15.6 Å². The molecule has 2 unspecified atom stereocenters. The SMILES string of the molecule is COCCN=C1NC(=O)C2(CCOC2C)N1. The average Bonchev–Trinajstić information content (AvgIpc) is 2.75. The van der Waals surface area contributed by atoms with Crippen molar-refractivity contribution in [2.75, 3.05) is 26.9 Å². The van der Waals surface area contributed by atoms with Crippen LogP contribution in [0.1, 0.15) is 13.3 Å². The van der Waals surface area contributed by atoms with Crippen LogP contribution < -0.4 is 10.6 Å². The van der Waals surface area contributed by atoms with Crippen molar-refractivity contribution in [1.29, 1.82) is 0 Å². The van der Waals surface area contributed by atoms with E-state index in [9.17, 15) is 4.79 Å². The predicted octanol–water partition coefficient (Wildman–Crippen LogP) is -0.744. The molecule has 6 heteroatoms. The molecule has 1 spiro atoms. The molecule has 0 radical (unpaired) electrons. The van der Waals surface area contributed by atoms with E-state index in [1.54, 1.807) is 7.11 Å². The van der Waals surface area contributed by atoms with E-state index < -0.39 is 5.54 Å². The van der Waals surface area contributed by atoms with Gasteiger partial charge < -0.3 is 14.8 Å². The normalized spacial score (nSPS) is 35.8. The summed E-state index contributed by atoms with van der Waals surface area (Å²) in [6.07, 6.45) is 0.561. The van der Waals surface area contributed by atoms with E-state index in [0.717, 1.165) is 0 Å². The topological polar surface area (TPSA) is 72.0 Å². The third kappa shape index (κ3) is 1.78. The molecule has 0 aromatic carbocycles. The van der Waals surface area contributed by atoms with Crippen molar-refractivity contribution in [2.24, 2.45) is 4.99 Å². The molecule has 0 aromatic heterocycles. The Hall–Kier alpha value is -1.14. The lowest BCUT2D eigenvalue weighted by Crippen LogP contribution is -2.52. The van der Waals surface area contributed by atoms with Gasteiger partial charge in [-0.1, -0.05) is 0 Å². The molecule has 2 atom stereocenters. The fourth-order valence-electron chi connectivity index (χ4n) is 2.05. The second-order valence-corrected chi connectivity index (χ2v) is 4.04. The Balaban J connectivity index is 2.04. The first-order valence-electron chi connectivity index (χ1n) is 5.43. The second-order valence-electron chi connectivity index (χ2n) is 4.04. The minimum atomic E-state index is -0.619. The zero-order valence-electron chi connectivity index (χ0n) is 9.58. The second kappa shape index (κ2) is 4.39. The number of rotatable bonds is 3. The molecule has 1 amide bonds. The average molecular weight is 227 g/mol. The van der Waals surface area contributed by atoms with Crippen LogP contribution in [0.4, 0.5) is 0 Å². The molecular weight excluding hydrogens is 210 g/mol. The molecule has 90 valence electrons. The number of nitrogens with zero attached hydrogens (tertiary/aromatic N) is 1. The van der Waals surface area contributed by atoms with Crippen molar-refractivity contribution in [3.05, 3.63) is 0 Å². The Morgan fingerprint density at radius 1 is 1.69 bits per heavy atom. The highest BCUT2D eigenvalue weighted by Crippen LogP contribution is 2.28. The summed E-state index contributed by atoms with van der Waals surface area (Å²) in [5, 5.41) is 5.87. The number of carbonyl (C=O) groups is 1. The van der Waals surface area contributed by atoms with E-state index in [1.165, 1.54) is 0 Å². The van der Waals surface area contributed by atoms with Gasteiger partial charge in [0.15, 0.2) is 5.96 Å². The molecule has 0 bridgehead atoms. The summed E-state index contributed by atoms with van der Waals surface area (Å²) in [6.45, 7) is 3.58. The summed E-state index contributed by atoms with van der Waals surface area (Å²) in [7, 11) is 1.62. The molecular formula is C10H17N3O3. The summed E-state index contributed by atoms with van der Waals surface area (Å²) in [5.74, 6) is 0.480. The standard InChI is InChI=1S/C10H17N3O3/c1-7-10(3-5-16-7)8(14)12-9(13-10)11-4-6-15-2/h7H,3-6H2,1-2H3,(H2,11,12,13,14). The Morgan fingerprint density at radius 3 is 3.12 bits per heavy atom. The van der Waals surface area contributed by atoms with Crippen molar-refractivity contribution < 1.29 is 14.3 Å². The van der Waals surface area contributed by atoms with Gasteiger partial charge in [0.2, 0.25) is 0 Å². The Labute approximate surface area is 94.4 Å². The molecule has 2 saturated heterocycles. The first-order valence-corrected chi connectivity index (χ1v) is 5.43. The number of aliphatic imine (C=N–C) groups is 1. The van der Waals surface area contributed by atoms with Gasteiger partial charge >= 0.3 is 0 Å². The molecule has 6 nitrogen and oxygen atoms in total. The van der Waals surface area contributed by atoms with Crippen molar-refractivity contribution in [3.63, 3.8) is 0 Å². The molecule has 2 N–H and O–H groups in total. The number of ether oxygens (including phenoxy) is 2. The quantitative estimate of drug-likeness (QED) is 0.623. The van der Waals surface area contributed by atoms with E-state index in [1.807, 2.05) is 6.92 Å². The number of nitrogens with one attached hydrogen (secondary N) is 2. The van der Waals surface area contributed by atoms with E-state index in [0.29, 0.717) is 32.1 Å². The van der Waals surface area contributed by atoms with Crippen LogP contribution >= 0.6 is 0 Å². The van der Waals surface area contributed by atoms with Crippen LogP contribution in [0.15, 0.2) is 4.99 Å². The van der Waals surface area contributed by atoms with Crippen molar-refractivity contribution in [3.8, 4) is 0 Å². The van der Waals surface area contributed by atoms with Crippen LogP contribution in [0.25, 0.3) is 0 Å². The lowest BCUT2D eigenvalue weighted by atomic mass is 9.93. The third-order valence-corrected chi connectivity index (χ3v) is 3.10. The summed E-state index contributed by atoms with van der Waals surface area (Å²) >= 11 is 0. The zero-order chi connectivity index (χ0) is 11.6. The minimum absolute atomic E-state index is 0.0475. The minimum Gasteiger partial charge on any atom is -0.383 e. The van der Waals surface area contributed by atoms with Gasteiger partial charge in [0.25, 0.3) is 5.91 Å². The highest BCUT2D eigenvalue weighted by atomic mass is 16.5. The lowest BCUT2D eigenvalue weighted by molar-refractivity contribution is -0.125. The number of carbonyl (C=O) groups excluding carboxylic acids is 1. The Morgan fingerprint density at radius 2 is 2.50 bits per heavy atom. The summed E-state index contributed by atoms with van der Waals surface area (Å²) in [4.78, 5) is 16.1. The molecule has 0 aromatic rings. The summed E-state index contributed by atoms with van der Waals surface area (Å²) in [6, 6.07) is 0. The monoisotopic (exact) mass is 227 g/mol. The summed E-state index contributed by atoms with van der Waals surface area (Å²) < 4.78 is 10.3. The molecule has 0 saturated carbocycles. The van der Waals surface area contributed by atoms with Gasteiger partial charge in [0, 0.05) is 20.1 Å². The number of guanidine groups is 1. The van der Waals surface area contributed by atoms with Gasteiger partial charge in [-0.25, -0.2) is 0 Å². The van der Waals surface area contributed by atoms with Crippen molar-refractivity contribution in [2.45, 2.75) is 25.0 Å². The Bertz CT molecular complexity index is 318. The highest BCUT2D eigenvalue weighted by Gasteiger charge is 2.52. The van der Waals surface area contributed by atoms with Gasteiger partial charge in [0.05, 0.1) is 19.3 Å². The maximum absolute atomic E-state index is 11.9. The van der Waals surface area contributed by atoms with Gasteiger partial charge in [0.1, 0.15) is 5.54 Å². The molecule has 2 fully saturated rings. The van der Waals surface area contributed by atoms with Gasteiger partial charge in [-0.15, -0.1) is 0 Å². The maximum Gasteiger partial charge on any atom is 0.255 e. The van der Waals surface area contributed by atoms with Gasteiger partial charge in [-0.05, 0) is 6.92 Å². The van der Waals surface area contributed by atoms with Crippen LogP contribution in [-0.4, -0.2) is 50.4 Å². The smallest absolute Gasteiger partial charge is 0.255 e. The first kappa shape index (κ1) is 11.3. The van der Waals surface area contributed by atoms with E-state index >= 15 is 0 Å². The summed E-state index contributed by atoms with van der Waals surface area (Å²) in [5.41, 5.74) is -0.619. The highest BCUT2D eigenvalue weighted by molar-refractivity contribution is 6.09. The number of methoxy groups -OCH3 is 1. The fraction of sp³-hybridized carbons (Fsp3) is 0.800. The largest absolute Gasteiger partial charge is 0.383 e. The third-order valence-electron chi connectivity index (χ3n) is 3.10. The van der Waals surface area contributed by atoms with Crippen LogP contribution in [0, 0.1) is 0 Å². The van der Waals surface area contributed by atoms with Gasteiger partial charge in [-0.3, -0.25) is 15.1 Å².